The van der Waals surface area contributed by atoms with Crippen molar-refractivity contribution in [3.8, 4) is 0 Å². The Bertz CT molecular complexity index is 1120. The van der Waals surface area contributed by atoms with E-state index < -0.39 is 10.0 Å². The fourth-order valence-electron chi connectivity index (χ4n) is 3.06. The van der Waals surface area contributed by atoms with Crippen LogP contribution >= 0.6 is 11.6 Å². The second kappa shape index (κ2) is 8.39. The molecule has 0 fully saturated rings. The predicted molar refractivity (Wildman–Crippen MR) is 118 cm³/mol. The summed E-state index contributed by atoms with van der Waals surface area (Å²) in [6, 6.07) is 12.6. The zero-order valence-electron chi connectivity index (χ0n) is 16.4. The second-order valence-electron chi connectivity index (χ2n) is 6.74. The van der Waals surface area contributed by atoms with E-state index in [0.717, 1.165) is 17.5 Å². The van der Waals surface area contributed by atoms with Crippen LogP contribution in [0.15, 0.2) is 53.0 Å². The van der Waals surface area contributed by atoms with Gasteiger partial charge in [-0.2, -0.15) is 0 Å². The quantitative estimate of drug-likeness (QED) is 0.752. The molecule has 0 unspecified atom stereocenters. The van der Waals surface area contributed by atoms with E-state index in [2.05, 4.69) is 15.0 Å². The van der Waals surface area contributed by atoms with Gasteiger partial charge in [-0.3, -0.25) is 14.5 Å². The Morgan fingerprint density at radius 1 is 1.14 bits per heavy atom. The minimum absolute atomic E-state index is 0.178. The number of nitrogens with zero attached hydrogens (tertiary/aromatic N) is 1. The van der Waals surface area contributed by atoms with Crippen molar-refractivity contribution in [3.05, 3.63) is 69.8 Å². The second-order valence-corrected chi connectivity index (χ2v) is 8.76. The summed E-state index contributed by atoms with van der Waals surface area (Å²) < 4.78 is 27.6. The number of benzene rings is 2. The van der Waals surface area contributed by atoms with Crippen molar-refractivity contribution in [2.75, 3.05) is 11.9 Å². The lowest BCUT2D eigenvalue weighted by molar-refractivity contribution is -0.114. The van der Waals surface area contributed by atoms with E-state index in [9.17, 15) is 13.2 Å². The maximum Gasteiger partial charge on any atom is 0.264 e. The molecule has 8 heteroatoms. The summed E-state index contributed by atoms with van der Waals surface area (Å²) >= 11 is 6.06. The molecule has 0 aromatic heterocycles. The van der Waals surface area contributed by atoms with E-state index in [0.29, 0.717) is 21.8 Å². The number of amidine groups is 1. The van der Waals surface area contributed by atoms with E-state index in [-0.39, 0.29) is 23.2 Å². The maximum absolute atomic E-state index is 12.6. The average Bonchev–Trinajstić information content (AvgIpc) is 2.92. The highest BCUT2D eigenvalue weighted by atomic mass is 35.5. The van der Waals surface area contributed by atoms with Crippen molar-refractivity contribution in [2.24, 2.45) is 4.99 Å². The lowest BCUT2D eigenvalue weighted by Crippen LogP contribution is -2.25. The van der Waals surface area contributed by atoms with Gasteiger partial charge in [0.1, 0.15) is 17.3 Å². The van der Waals surface area contributed by atoms with Crippen LogP contribution in [0.5, 0.6) is 0 Å². The molecule has 6 nitrogen and oxygen atoms in total. The van der Waals surface area contributed by atoms with Crippen molar-refractivity contribution >= 4 is 44.0 Å². The molecule has 2 N–H and O–H groups in total. The molecule has 1 amide bonds. The summed E-state index contributed by atoms with van der Waals surface area (Å²) in [5, 5.41) is 3.29. The molecule has 0 saturated carbocycles. The number of hydrogen-bond acceptors (Lipinski definition) is 4. The smallest absolute Gasteiger partial charge is 0.264 e. The van der Waals surface area contributed by atoms with Gasteiger partial charge in [0.05, 0.1) is 0 Å². The van der Waals surface area contributed by atoms with Crippen LogP contribution in [0.1, 0.15) is 30.5 Å². The van der Waals surface area contributed by atoms with Crippen LogP contribution < -0.4 is 10.0 Å². The number of sulfonamides is 1. The van der Waals surface area contributed by atoms with E-state index in [1.807, 2.05) is 19.1 Å². The molecule has 1 aliphatic rings. The Hall–Kier alpha value is -2.64. The molecule has 2 aromatic carbocycles. The summed E-state index contributed by atoms with van der Waals surface area (Å²) in [5.74, 6) is -0.187. The number of anilines is 1. The van der Waals surface area contributed by atoms with Crippen LogP contribution in [0.3, 0.4) is 0 Å². The van der Waals surface area contributed by atoms with Gasteiger partial charge in [0.2, 0.25) is 5.91 Å². The standard InChI is InChI=1S/C21H22ClN3O3S/c1-4-15-8-10-16(11-9-15)20-14(3)21(25-29(20,27)28)23-12-19(26)24-18-7-5-6-17(22)13(18)2/h5-11H,4,12H2,1-3H3,(H,23,25)(H,24,26). The minimum atomic E-state index is -3.73. The molecule has 2 aromatic rings. The van der Waals surface area contributed by atoms with Gasteiger partial charge in [0, 0.05) is 16.3 Å². The Morgan fingerprint density at radius 3 is 2.48 bits per heavy atom. The summed E-state index contributed by atoms with van der Waals surface area (Å²) in [6.07, 6.45) is 0.872. The normalized spacial score (nSPS) is 16.8. The predicted octanol–water partition coefficient (Wildman–Crippen LogP) is 3.91. The number of hydrogen-bond donors (Lipinski definition) is 2. The van der Waals surface area contributed by atoms with Gasteiger partial charge >= 0.3 is 0 Å². The van der Waals surface area contributed by atoms with Crippen molar-refractivity contribution in [1.82, 2.24) is 4.72 Å². The zero-order chi connectivity index (χ0) is 21.2. The number of aliphatic imine (C=N–C) groups is 1. The highest BCUT2D eigenvalue weighted by molar-refractivity contribution is 8.00. The average molecular weight is 432 g/mol. The molecule has 0 bridgehead atoms. The van der Waals surface area contributed by atoms with Crippen LogP contribution in [0.4, 0.5) is 5.69 Å². The Morgan fingerprint density at radius 2 is 1.83 bits per heavy atom. The lowest BCUT2D eigenvalue weighted by atomic mass is 10.1. The molecule has 1 aliphatic heterocycles. The van der Waals surface area contributed by atoms with Crippen molar-refractivity contribution in [1.29, 1.82) is 0 Å². The van der Waals surface area contributed by atoms with Crippen LogP contribution in [-0.4, -0.2) is 26.7 Å². The van der Waals surface area contributed by atoms with Gasteiger partial charge in [0.25, 0.3) is 10.0 Å². The third-order valence-electron chi connectivity index (χ3n) is 4.74. The monoisotopic (exact) mass is 431 g/mol. The van der Waals surface area contributed by atoms with Crippen LogP contribution in [0.25, 0.3) is 4.91 Å². The van der Waals surface area contributed by atoms with E-state index >= 15 is 0 Å². The third kappa shape index (κ3) is 4.52. The number of nitrogens with one attached hydrogen (secondary N) is 2. The van der Waals surface area contributed by atoms with Crippen molar-refractivity contribution < 1.29 is 13.2 Å². The summed E-state index contributed by atoms with van der Waals surface area (Å²) in [6.45, 7) is 5.30. The van der Waals surface area contributed by atoms with Crippen LogP contribution in [0.2, 0.25) is 5.02 Å². The third-order valence-corrected chi connectivity index (χ3v) is 6.69. The number of carbonyl (C=O) groups is 1. The Kier molecular flexibility index (Phi) is 6.10. The van der Waals surface area contributed by atoms with Crippen LogP contribution in [-0.2, 0) is 21.2 Å². The molecule has 1 heterocycles. The minimum Gasteiger partial charge on any atom is -0.324 e. The fourth-order valence-corrected chi connectivity index (χ4v) is 4.76. The van der Waals surface area contributed by atoms with Gasteiger partial charge in [-0.15, -0.1) is 0 Å². The maximum atomic E-state index is 12.6. The topological polar surface area (TPSA) is 87.6 Å². The van der Waals surface area contributed by atoms with E-state index in [4.69, 9.17) is 11.6 Å². The molecule has 29 heavy (non-hydrogen) atoms. The number of aryl methyl sites for hydroxylation is 1. The number of rotatable bonds is 5. The largest absolute Gasteiger partial charge is 0.324 e. The molecule has 0 saturated heterocycles. The Labute approximate surface area is 175 Å². The highest BCUT2D eigenvalue weighted by Gasteiger charge is 2.32. The first-order valence-electron chi connectivity index (χ1n) is 9.15. The molecular weight excluding hydrogens is 410 g/mol. The number of amides is 1. The van der Waals surface area contributed by atoms with Crippen LogP contribution in [0, 0.1) is 6.92 Å². The molecule has 0 atom stereocenters. The SMILES string of the molecule is CCc1ccc(C2=C(C)C(=NCC(=O)Nc3cccc(Cl)c3C)NS2(=O)=O)cc1. The Balaban J connectivity index is 1.81. The van der Waals surface area contributed by atoms with E-state index in [1.54, 1.807) is 44.2 Å². The zero-order valence-corrected chi connectivity index (χ0v) is 18.0. The first kappa shape index (κ1) is 21.1. The van der Waals surface area contributed by atoms with E-state index in [1.165, 1.54) is 0 Å². The summed E-state index contributed by atoms with van der Waals surface area (Å²) in [5.41, 5.74) is 3.55. The highest BCUT2D eigenvalue weighted by Crippen LogP contribution is 2.30. The van der Waals surface area contributed by atoms with Gasteiger partial charge in [-0.05, 0) is 49.1 Å². The molecule has 0 radical (unpaired) electrons. The summed E-state index contributed by atoms with van der Waals surface area (Å²) in [4.78, 5) is 16.6. The first-order valence-corrected chi connectivity index (χ1v) is 11.0. The van der Waals surface area contributed by atoms with Gasteiger partial charge < -0.3 is 5.32 Å². The molecule has 0 spiro atoms. The lowest BCUT2D eigenvalue weighted by Gasteiger charge is -2.08. The van der Waals surface area contributed by atoms with Gasteiger partial charge in [-0.25, -0.2) is 8.42 Å². The first-order chi connectivity index (χ1) is 13.7. The number of carbonyl (C=O) groups excluding carboxylic acids is 1. The molecule has 3 rings (SSSR count). The molecule has 0 aliphatic carbocycles. The van der Waals surface area contributed by atoms with Gasteiger partial charge in [0.15, 0.2) is 0 Å². The fraction of sp³-hybridized carbons (Fsp3) is 0.238. The summed E-state index contributed by atoms with van der Waals surface area (Å²) in [7, 11) is -3.73. The number of halogens is 1. The van der Waals surface area contributed by atoms with Gasteiger partial charge in [-0.1, -0.05) is 48.9 Å². The van der Waals surface area contributed by atoms with Crippen molar-refractivity contribution in [2.45, 2.75) is 27.2 Å². The molecule has 152 valence electrons. The van der Waals surface area contributed by atoms with Crippen molar-refractivity contribution in [3.63, 3.8) is 0 Å². The molecular formula is C21H22ClN3O3S.